The van der Waals surface area contributed by atoms with Crippen molar-refractivity contribution < 1.29 is 4.74 Å². The average Bonchev–Trinajstić information content (AvgIpc) is 2.51. The molecule has 0 saturated carbocycles. The molecule has 0 fully saturated rings. The fourth-order valence-corrected chi connectivity index (χ4v) is 2.38. The molecule has 1 unspecified atom stereocenters. The molecule has 0 spiro atoms. The van der Waals surface area contributed by atoms with Gasteiger partial charge in [-0.2, -0.15) is 0 Å². The Hall–Kier alpha value is -1.91. The Morgan fingerprint density at radius 1 is 1.19 bits per heavy atom. The van der Waals surface area contributed by atoms with Crippen LogP contribution in [0.3, 0.4) is 0 Å². The Balaban J connectivity index is 2.07. The second-order valence-electron chi connectivity index (χ2n) is 4.99. The van der Waals surface area contributed by atoms with Crippen LogP contribution in [0.4, 0.5) is 0 Å². The van der Waals surface area contributed by atoms with Gasteiger partial charge in [0.2, 0.25) is 0 Å². The average molecular weight is 285 g/mol. The lowest BCUT2D eigenvalue weighted by Crippen LogP contribution is -2.30. The Labute approximate surface area is 126 Å². The van der Waals surface area contributed by atoms with E-state index in [1.54, 1.807) is 0 Å². The van der Waals surface area contributed by atoms with Gasteiger partial charge in [0.25, 0.3) is 0 Å². The number of ether oxygens (including phenoxy) is 1. The second-order valence-corrected chi connectivity index (χ2v) is 4.99. The Bertz CT molecular complexity index is 527. The SMILES string of the molecule is CCOc1ccc(C(CN)N(C)Cc2ccccn2)cc1. The zero-order valence-corrected chi connectivity index (χ0v) is 12.7. The summed E-state index contributed by atoms with van der Waals surface area (Å²) < 4.78 is 5.48. The quantitative estimate of drug-likeness (QED) is 0.849. The number of nitrogens with zero attached hydrogens (tertiary/aromatic N) is 2. The van der Waals surface area contributed by atoms with Gasteiger partial charge in [-0.3, -0.25) is 9.88 Å². The summed E-state index contributed by atoms with van der Waals surface area (Å²) >= 11 is 0. The van der Waals surface area contributed by atoms with Crippen LogP contribution in [0, 0.1) is 0 Å². The molecule has 1 heterocycles. The van der Waals surface area contributed by atoms with E-state index in [9.17, 15) is 0 Å². The molecule has 2 N–H and O–H groups in total. The molecular formula is C17H23N3O. The second kappa shape index (κ2) is 7.76. The highest BCUT2D eigenvalue weighted by molar-refractivity contribution is 5.29. The van der Waals surface area contributed by atoms with Crippen LogP contribution < -0.4 is 10.5 Å². The molecule has 21 heavy (non-hydrogen) atoms. The maximum absolute atomic E-state index is 5.96. The predicted octanol–water partition coefficient (Wildman–Crippen LogP) is 2.61. The lowest BCUT2D eigenvalue weighted by Gasteiger charge is -2.27. The van der Waals surface area contributed by atoms with E-state index in [4.69, 9.17) is 10.5 Å². The molecule has 112 valence electrons. The van der Waals surface area contributed by atoms with E-state index < -0.39 is 0 Å². The zero-order chi connectivity index (χ0) is 15.1. The van der Waals surface area contributed by atoms with E-state index in [1.165, 1.54) is 5.56 Å². The van der Waals surface area contributed by atoms with Crippen molar-refractivity contribution in [2.24, 2.45) is 5.73 Å². The van der Waals surface area contributed by atoms with Crippen molar-refractivity contribution in [3.8, 4) is 5.75 Å². The van der Waals surface area contributed by atoms with Crippen molar-refractivity contribution in [1.29, 1.82) is 0 Å². The molecule has 4 nitrogen and oxygen atoms in total. The topological polar surface area (TPSA) is 51.4 Å². The van der Waals surface area contributed by atoms with Gasteiger partial charge in [0, 0.05) is 25.3 Å². The Kier molecular flexibility index (Phi) is 5.72. The first kappa shape index (κ1) is 15.5. The highest BCUT2D eigenvalue weighted by Gasteiger charge is 2.16. The summed E-state index contributed by atoms with van der Waals surface area (Å²) in [6, 6.07) is 14.3. The molecule has 0 aliphatic rings. The van der Waals surface area contributed by atoms with Gasteiger partial charge in [0.1, 0.15) is 5.75 Å². The third-order valence-corrected chi connectivity index (χ3v) is 3.47. The fraction of sp³-hybridized carbons (Fsp3) is 0.353. The van der Waals surface area contributed by atoms with Gasteiger partial charge in [0.05, 0.1) is 12.3 Å². The van der Waals surface area contributed by atoms with Gasteiger partial charge in [-0.05, 0) is 43.8 Å². The predicted molar refractivity (Wildman–Crippen MR) is 85.1 cm³/mol. The molecule has 0 saturated heterocycles. The lowest BCUT2D eigenvalue weighted by atomic mass is 10.1. The molecular weight excluding hydrogens is 262 g/mol. The maximum Gasteiger partial charge on any atom is 0.119 e. The standard InChI is InChI=1S/C17H23N3O/c1-3-21-16-9-7-14(8-10-16)17(12-18)20(2)13-15-6-4-5-11-19-15/h4-11,17H,3,12-13,18H2,1-2H3. The summed E-state index contributed by atoms with van der Waals surface area (Å²) in [5, 5.41) is 0. The van der Waals surface area contributed by atoms with E-state index in [0.717, 1.165) is 18.0 Å². The number of rotatable bonds is 7. The van der Waals surface area contributed by atoms with Gasteiger partial charge in [-0.1, -0.05) is 18.2 Å². The van der Waals surface area contributed by atoms with E-state index in [2.05, 4.69) is 29.1 Å². The van der Waals surface area contributed by atoms with E-state index in [1.807, 2.05) is 43.5 Å². The number of benzene rings is 1. The minimum absolute atomic E-state index is 0.169. The van der Waals surface area contributed by atoms with Crippen molar-refractivity contribution >= 4 is 0 Å². The molecule has 0 aliphatic heterocycles. The Morgan fingerprint density at radius 2 is 1.95 bits per heavy atom. The molecule has 4 heteroatoms. The summed E-state index contributed by atoms with van der Waals surface area (Å²) in [5.74, 6) is 0.893. The third kappa shape index (κ3) is 4.28. The largest absolute Gasteiger partial charge is 0.494 e. The first-order valence-corrected chi connectivity index (χ1v) is 7.27. The molecule has 1 atom stereocenters. The monoisotopic (exact) mass is 285 g/mol. The molecule has 0 radical (unpaired) electrons. The van der Waals surface area contributed by atoms with E-state index >= 15 is 0 Å². The van der Waals surface area contributed by atoms with Crippen molar-refractivity contribution in [2.45, 2.75) is 19.5 Å². The minimum Gasteiger partial charge on any atom is -0.494 e. The zero-order valence-electron chi connectivity index (χ0n) is 12.7. The van der Waals surface area contributed by atoms with Gasteiger partial charge in [-0.25, -0.2) is 0 Å². The number of hydrogen-bond donors (Lipinski definition) is 1. The van der Waals surface area contributed by atoms with Crippen LogP contribution in [-0.4, -0.2) is 30.1 Å². The van der Waals surface area contributed by atoms with Crippen LogP contribution in [0.5, 0.6) is 5.75 Å². The van der Waals surface area contributed by atoms with Crippen molar-refractivity contribution in [3.63, 3.8) is 0 Å². The Morgan fingerprint density at radius 3 is 2.52 bits per heavy atom. The van der Waals surface area contributed by atoms with Crippen LogP contribution >= 0.6 is 0 Å². The molecule has 1 aromatic carbocycles. The molecule has 1 aromatic heterocycles. The van der Waals surface area contributed by atoms with E-state index in [-0.39, 0.29) is 6.04 Å². The number of hydrogen-bond acceptors (Lipinski definition) is 4. The van der Waals surface area contributed by atoms with Crippen LogP contribution in [0.1, 0.15) is 24.2 Å². The smallest absolute Gasteiger partial charge is 0.119 e. The molecule has 0 bridgehead atoms. The minimum atomic E-state index is 0.169. The van der Waals surface area contributed by atoms with Crippen LogP contribution in [0.15, 0.2) is 48.7 Å². The number of likely N-dealkylation sites (N-methyl/N-ethyl adjacent to an activating group) is 1. The van der Waals surface area contributed by atoms with Crippen molar-refractivity contribution in [2.75, 3.05) is 20.2 Å². The number of pyridine rings is 1. The van der Waals surface area contributed by atoms with Crippen LogP contribution in [0.25, 0.3) is 0 Å². The number of aromatic nitrogens is 1. The van der Waals surface area contributed by atoms with Crippen molar-refractivity contribution in [1.82, 2.24) is 9.88 Å². The maximum atomic E-state index is 5.96. The highest BCUT2D eigenvalue weighted by atomic mass is 16.5. The summed E-state index contributed by atoms with van der Waals surface area (Å²) in [6.07, 6.45) is 1.82. The summed E-state index contributed by atoms with van der Waals surface area (Å²) in [6.45, 7) is 4.00. The fourth-order valence-electron chi connectivity index (χ4n) is 2.38. The van der Waals surface area contributed by atoms with Gasteiger partial charge in [-0.15, -0.1) is 0 Å². The molecule has 2 aromatic rings. The van der Waals surface area contributed by atoms with Crippen LogP contribution in [0.2, 0.25) is 0 Å². The van der Waals surface area contributed by atoms with Gasteiger partial charge < -0.3 is 10.5 Å². The normalized spacial score (nSPS) is 12.4. The van der Waals surface area contributed by atoms with Crippen molar-refractivity contribution in [3.05, 3.63) is 59.9 Å². The molecule has 2 rings (SSSR count). The summed E-state index contributed by atoms with van der Waals surface area (Å²) in [7, 11) is 2.07. The van der Waals surface area contributed by atoms with Gasteiger partial charge in [0.15, 0.2) is 0 Å². The highest BCUT2D eigenvalue weighted by Crippen LogP contribution is 2.22. The lowest BCUT2D eigenvalue weighted by molar-refractivity contribution is 0.239. The summed E-state index contributed by atoms with van der Waals surface area (Å²) in [4.78, 5) is 6.59. The molecule has 0 aliphatic carbocycles. The third-order valence-electron chi connectivity index (χ3n) is 3.47. The first-order chi connectivity index (χ1) is 10.2. The van der Waals surface area contributed by atoms with Gasteiger partial charge >= 0.3 is 0 Å². The van der Waals surface area contributed by atoms with E-state index in [0.29, 0.717) is 13.2 Å². The summed E-state index contributed by atoms with van der Waals surface area (Å²) in [5.41, 5.74) is 8.20. The number of nitrogens with two attached hydrogens (primary N) is 1. The molecule has 0 amide bonds. The van der Waals surface area contributed by atoms with Crippen LogP contribution in [-0.2, 0) is 6.54 Å². The first-order valence-electron chi connectivity index (χ1n) is 7.27.